The molecule has 3 atom stereocenters. The highest BCUT2D eigenvalue weighted by Crippen LogP contribution is 2.40. The molecule has 1 saturated carbocycles. The molecule has 0 spiro atoms. The normalized spacial score (nSPS) is 22.9. The van der Waals surface area contributed by atoms with Gasteiger partial charge in [-0.15, -0.1) is 0 Å². The number of halogens is 4. The number of hydrogen-bond acceptors (Lipinski definition) is 4. The number of hydrogen-bond donors (Lipinski definition) is 1. The van der Waals surface area contributed by atoms with Gasteiger partial charge in [-0.25, -0.2) is 9.59 Å². The minimum atomic E-state index is -4.40. The van der Waals surface area contributed by atoms with Crippen molar-refractivity contribution in [2.45, 2.75) is 38.7 Å². The molecular formula is C21H21ClF3N3O4. The fourth-order valence-electron chi connectivity index (χ4n) is 4.63. The Labute approximate surface area is 186 Å². The van der Waals surface area contributed by atoms with Gasteiger partial charge in [0, 0.05) is 13.1 Å². The first-order chi connectivity index (χ1) is 15.0. The maximum absolute atomic E-state index is 13.1. The molecule has 2 fully saturated rings. The number of aromatic nitrogens is 2. The molecule has 1 saturated heterocycles. The van der Waals surface area contributed by atoms with E-state index in [1.54, 1.807) is 11.0 Å². The van der Waals surface area contributed by atoms with Gasteiger partial charge in [0.05, 0.1) is 29.5 Å². The number of nitrogens with zero attached hydrogens (tertiary/aromatic N) is 3. The molecule has 1 amide bonds. The lowest BCUT2D eigenvalue weighted by atomic mass is 10.0. The summed E-state index contributed by atoms with van der Waals surface area (Å²) in [5.41, 5.74) is -0.342. The van der Waals surface area contributed by atoms with Gasteiger partial charge in [0.2, 0.25) is 0 Å². The Bertz CT molecular complexity index is 1040. The summed E-state index contributed by atoms with van der Waals surface area (Å²) < 4.78 is 46.2. The van der Waals surface area contributed by atoms with E-state index >= 15 is 0 Å². The lowest BCUT2D eigenvalue weighted by molar-refractivity contribution is -0.138. The zero-order chi connectivity index (χ0) is 23.2. The Kier molecular flexibility index (Phi) is 5.93. The molecule has 2 aliphatic rings. The average molecular weight is 472 g/mol. The number of alkyl halides is 3. The van der Waals surface area contributed by atoms with E-state index in [0.717, 1.165) is 10.7 Å². The van der Waals surface area contributed by atoms with E-state index in [0.29, 0.717) is 31.5 Å². The molecule has 11 heteroatoms. The van der Waals surface area contributed by atoms with Crippen LogP contribution in [0.1, 0.15) is 40.0 Å². The standard InChI is InChI=1S/C21H21ClF3N3O4/c1-11-12(3-2-4-16(11)21(23,24)25)10-32-15-5-13-7-27(8-14(13)6-15)20(31)28-9-17(22)18(26-28)19(29)30/h2-4,9,13-15H,5-8,10H2,1H3,(H,29,30)/t13-,14+,15+. The van der Waals surface area contributed by atoms with Crippen LogP contribution in [0.2, 0.25) is 5.02 Å². The monoisotopic (exact) mass is 471 g/mol. The number of aromatic carboxylic acids is 1. The Morgan fingerprint density at radius 2 is 1.91 bits per heavy atom. The first-order valence-corrected chi connectivity index (χ1v) is 10.5. The van der Waals surface area contributed by atoms with Crippen LogP contribution in [-0.4, -0.2) is 51.0 Å². The molecule has 1 aromatic heterocycles. The molecule has 1 aliphatic carbocycles. The predicted octanol–water partition coefficient (Wildman–Crippen LogP) is 4.46. The van der Waals surface area contributed by atoms with Gasteiger partial charge >= 0.3 is 18.2 Å². The largest absolute Gasteiger partial charge is 0.476 e. The number of ether oxygens (including phenoxy) is 1. The van der Waals surface area contributed by atoms with Crippen molar-refractivity contribution < 1.29 is 32.6 Å². The molecule has 7 nitrogen and oxygen atoms in total. The van der Waals surface area contributed by atoms with Gasteiger partial charge in [0.15, 0.2) is 5.69 Å². The molecule has 0 bridgehead atoms. The highest BCUT2D eigenvalue weighted by atomic mass is 35.5. The molecule has 1 N–H and O–H groups in total. The van der Waals surface area contributed by atoms with Crippen LogP contribution in [0.25, 0.3) is 0 Å². The van der Waals surface area contributed by atoms with Crippen LogP contribution in [0.3, 0.4) is 0 Å². The summed E-state index contributed by atoms with van der Waals surface area (Å²) in [6.45, 7) is 2.51. The van der Waals surface area contributed by atoms with E-state index in [2.05, 4.69) is 5.10 Å². The second-order valence-corrected chi connectivity index (χ2v) is 8.68. The molecule has 2 heterocycles. The summed E-state index contributed by atoms with van der Waals surface area (Å²) >= 11 is 5.82. The maximum Gasteiger partial charge on any atom is 0.416 e. The van der Waals surface area contributed by atoms with E-state index in [4.69, 9.17) is 21.4 Å². The highest BCUT2D eigenvalue weighted by molar-refractivity contribution is 6.33. The molecular weight excluding hydrogens is 451 g/mol. The number of carbonyl (C=O) groups excluding carboxylic acids is 1. The smallest absolute Gasteiger partial charge is 0.416 e. The third kappa shape index (κ3) is 4.33. The van der Waals surface area contributed by atoms with Crippen molar-refractivity contribution in [1.29, 1.82) is 0 Å². The zero-order valence-electron chi connectivity index (χ0n) is 17.1. The van der Waals surface area contributed by atoms with Gasteiger partial charge in [0.1, 0.15) is 0 Å². The molecule has 2 aromatic rings. The van der Waals surface area contributed by atoms with Crippen molar-refractivity contribution >= 4 is 23.6 Å². The summed E-state index contributed by atoms with van der Waals surface area (Å²) in [5, 5.41) is 12.7. The molecule has 172 valence electrons. The lowest BCUT2D eigenvalue weighted by Gasteiger charge is -2.20. The molecule has 0 unspecified atom stereocenters. The number of amides is 1. The third-order valence-electron chi connectivity index (χ3n) is 6.27. The molecule has 4 rings (SSSR count). The number of likely N-dealkylation sites (tertiary alicyclic amines) is 1. The summed E-state index contributed by atoms with van der Waals surface area (Å²) in [6, 6.07) is 3.65. The average Bonchev–Trinajstić information content (AvgIpc) is 3.38. The van der Waals surface area contributed by atoms with Crippen molar-refractivity contribution in [2.75, 3.05) is 13.1 Å². The van der Waals surface area contributed by atoms with Gasteiger partial charge in [-0.1, -0.05) is 23.7 Å². The van der Waals surface area contributed by atoms with Crippen LogP contribution in [-0.2, 0) is 17.5 Å². The van der Waals surface area contributed by atoms with Crippen molar-refractivity contribution in [3.8, 4) is 0 Å². The Balaban J connectivity index is 1.33. The van der Waals surface area contributed by atoms with Crippen molar-refractivity contribution in [3.05, 3.63) is 51.8 Å². The van der Waals surface area contributed by atoms with Gasteiger partial charge in [-0.3, -0.25) is 0 Å². The Morgan fingerprint density at radius 3 is 2.47 bits per heavy atom. The van der Waals surface area contributed by atoms with Crippen LogP contribution < -0.4 is 0 Å². The molecule has 1 aliphatic heterocycles. The van der Waals surface area contributed by atoms with Crippen LogP contribution in [0.4, 0.5) is 18.0 Å². The predicted molar refractivity (Wildman–Crippen MR) is 108 cm³/mol. The highest BCUT2D eigenvalue weighted by Gasteiger charge is 2.43. The number of rotatable bonds is 4. The van der Waals surface area contributed by atoms with E-state index < -0.39 is 23.7 Å². The van der Waals surface area contributed by atoms with Gasteiger partial charge in [-0.05, 0) is 48.8 Å². The van der Waals surface area contributed by atoms with Crippen LogP contribution in [0.5, 0.6) is 0 Å². The minimum Gasteiger partial charge on any atom is -0.476 e. The second kappa shape index (κ2) is 8.40. The quantitative estimate of drug-likeness (QED) is 0.711. The second-order valence-electron chi connectivity index (χ2n) is 8.27. The van der Waals surface area contributed by atoms with Gasteiger partial charge < -0.3 is 14.7 Å². The van der Waals surface area contributed by atoms with E-state index in [1.165, 1.54) is 19.2 Å². The topological polar surface area (TPSA) is 84.7 Å². The first-order valence-electron chi connectivity index (χ1n) is 10.1. The van der Waals surface area contributed by atoms with Gasteiger partial charge in [0.25, 0.3) is 0 Å². The zero-order valence-corrected chi connectivity index (χ0v) is 17.9. The Hall–Kier alpha value is -2.59. The van der Waals surface area contributed by atoms with Gasteiger partial charge in [-0.2, -0.15) is 23.0 Å². The van der Waals surface area contributed by atoms with Crippen molar-refractivity contribution in [1.82, 2.24) is 14.7 Å². The summed E-state index contributed by atoms with van der Waals surface area (Å²) in [6.07, 6.45) is -1.90. The summed E-state index contributed by atoms with van der Waals surface area (Å²) in [7, 11) is 0. The van der Waals surface area contributed by atoms with Crippen molar-refractivity contribution in [3.63, 3.8) is 0 Å². The third-order valence-corrected chi connectivity index (χ3v) is 6.55. The number of carbonyl (C=O) groups is 2. The SMILES string of the molecule is Cc1c(CO[C@H]2C[C@@H]3CN(C(=O)n4cc(Cl)c(C(=O)O)n4)C[C@@H]3C2)cccc1C(F)(F)F. The first kappa shape index (κ1) is 22.6. The number of benzene rings is 1. The molecule has 32 heavy (non-hydrogen) atoms. The Morgan fingerprint density at radius 1 is 1.25 bits per heavy atom. The van der Waals surface area contributed by atoms with E-state index in [1.807, 2.05) is 0 Å². The lowest BCUT2D eigenvalue weighted by Crippen LogP contribution is -2.34. The van der Waals surface area contributed by atoms with E-state index in [9.17, 15) is 22.8 Å². The fraction of sp³-hybridized carbons (Fsp3) is 0.476. The fourth-order valence-corrected chi connectivity index (χ4v) is 4.84. The van der Waals surface area contributed by atoms with E-state index in [-0.39, 0.29) is 40.8 Å². The van der Waals surface area contributed by atoms with Crippen LogP contribution >= 0.6 is 11.6 Å². The number of fused-ring (bicyclic) bond motifs is 1. The summed E-state index contributed by atoms with van der Waals surface area (Å²) in [4.78, 5) is 25.3. The maximum atomic E-state index is 13.1. The molecule has 1 aromatic carbocycles. The van der Waals surface area contributed by atoms with Crippen LogP contribution in [0, 0.1) is 18.8 Å². The minimum absolute atomic E-state index is 0.0889. The molecule has 0 radical (unpaired) electrons. The summed E-state index contributed by atoms with van der Waals surface area (Å²) in [5.74, 6) is -0.899. The van der Waals surface area contributed by atoms with Crippen molar-refractivity contribution in [2.24, 2.45) is 11.8 Å². The number of carboxylic acids is 1. The van der Waals surface area contributed by atoms with Crippen LogP contribution in [0.15, 0.2) is 24.4 Å². The number of carboxylic acid groups (broad SMARTS) is 1.